The van der Waals surface area contributed by atoms with Crippen molar-refractivity contribution < 1.29 is 5.11 Å². The third-order valence-corrected chi connectivity index (χ3v) is 4.90. The number of benzene rings is 2. The van der Waals surface area contributed by atoms with Crippen LogP contribution in [0.15, 0.2) is 56.5 Å². The lowest BCUT2D eigenvalue weighted by Crippen LogP contribution is -1.82. The van der Waals surface area contributed by atoms with Crippen LogP contribution in [0.3, 0.4) is 0 Å². The number of azo groups is 1. The van der Waals surface area contributed by atoms with Crippen molar-refractivity contribution in [3.05, 3.63) is 61.9 Å². The van der Waals surface area contributed by atoms with E-state index >= 15 is 0 Å². The molecule has 0 radical (unpaired) electrons. The molecule has 0 bridgehead atoms. The van der Waals surface area contributed by atoms with Crippen molar-refractivity contribution in [2.24, 2.45) is 10.2 Å². The minimum atomic E-state index is 0.185. The summed E-state index contributed by atoms with van der Waals surface area (Å²) < 4.78 is 0.874. The molecule has 2 aromatic carbocycles. The second-order valence-corrected chi connectivity index (χ2v) is 7.41. The van der Waals surface area contributed by atoms with Crippen molar-refractivity contribution in [1.29, 1.82) is 0 Å². The van der Waals surface area contributed by atoms with E-state index in [1.165, 1.54) is 11.3 Å². The minimum Gasteiger partial charge on any atom is -0.508 e. The third-order valence-electron chi connectivity index (χ3n) is 3.14. The summed E-state index contributed by atoms with van der Waals surface area (Å²) in [6, 6.07) is 10.4. The molecule has 3 rings (SSSR count). The highest BCUT2D eigenvalue weighted by atomic mass is 79.9. The average Bonchev–Trinajstić information content (AvgIpc) is 2.99. The number of phenols is 1. The first-order valence-corrected chi connectivity index (χ1v) is 9.21. The number of rotatable bonds is 4. The van der Waals surface area contributed by atoms with Crippen LogP contribution in [0.4, 0.5) is 5.13 Å². The Labute approximate surface area is 160 Å². The first-order valence-electron chi connectivity index (χ1n) is 6.79. The highest BCUT2D eigenvalue weighted by Crippen LogP contribution is 2.33. The predicted molar refractivity (Wildman–Crippen MR) is 102 cm³/mol. The fourth-order valence-corrected chi connectivity index (χ4v) is 3.55. The van der Waals surface area contributed by atoms with Gasteiger partial charge in [-0.2, -0.15) is 5.11 Å². The van der Waals surface area contributed by atoms with Crippen LogP contribution in [0.1, 0.15) is 5.56 Å². The molecule has 0 aliphatic rings. The zero-order valence-electron chi connectivity index (χ0n) is 12.1. The minimum absolute atomic E-state index is 0.185. The van der Waals surface area contributed by atoms with Gasteiger partial charge in [0.2, 0.25) is 5.13 Å². The molecule has 1 aromatic heterocycles. The van der Waals surface area contributed by atoms with Gasteiger partial charge < -0.3 is 5.11 Å². The average molecular weight is 443 g/mol. The summed E-state index contributed by atoms with van der Waals surface area (Å²) in [6.45, 7) is 0.266. The van der Waals surface area contributed by atoms with E-state index in [0.29, 0.717) is 20.7 Å². The van der Waals surface area contributed by atoms with E-state index in [1.807, 2.05) is 11.4 Å². The molecule has 24 heavy (non-hydrogen) atoms. The second-order valence-electron chi connectivity index (χ2n) is 4.81. The molecule has 0 spiro atoms. The molecular weight excluding hydrogens is 433 g/mol. The first kappa shape index (κ1) is 17.4. The molecular formula is C16H10BrCl2N3OS. The van der Waals surface area contributed by atoms with Crippen LogP contribution in [0, 0.1) is 0 Å². The van der Waals surface area contributed by atoms with Gasteiger partial charge >= 0.3 is 0 Å². The standard InChI is InChI=1S/C16H10BrCl2N3OS/c17-10-1-4-15(23)9(5-10)7-20-22-16-21-14(8-24-16)12-3-2-11(18)6-13(12)19/h1-6,8,23H,7H2. The van der Waals surface area contributed by atoms with Crippen molar-refractivity contribution in [3.63, 3.8) is 0 Å². The van der Waals surface area contributed by atoms with Crippen molar-refractivity contribution in [2.45, 2.75) is 6.54 Å². The van der Waals surface area contributed by atoms with Crippen LogP contribution in [0.2, 0.25) is 10.0 Å². The van der Waals surface area contributed by atoms with Gasteiger partial charge in [-0.15, -0.1) is 16.5 Å². The molecule has 0 atom stereocenters. The maximum absolute atomic E-state index is 9.78. The topological polar surface area (TPSA) is 57.8 Å². The number of hydrogen-bond acceptors (Lipinski definition) is 5. The zero-order valence-corrected chi connectivity index (χ0v) is 16.0. The molecule has 0 fully saturated rings. The third kappa shape index (κ3) is 4.13. The Bertz CT molecular complexity index is 914. The Balaban J connectivity index is 1.75. The van der Waals surface area contributed by atoms with E-state index in [9.17, 15) is 5.11 Å². The summed E-state index contributed by atoms with van der Waals surface area (Å²) in [7, 11) is 0. The SMILES string of the molecule is Oc1ccc(Br)cc1CN=Nc1nc(-c2ccc(Cl)cc2Cl)cs1. The van der Waals surface area contributed by atoms with Gasteiger partial charge in [-0.25, -0.2) is 4.98 Å². The van der Waals surface area contributed by atoms with E-state index < -0.39 is 0 Å². The Morgan fingerprint density at radius 1 is 1.17 bits per heavy atom. The van der Waals surface area contributed by atoms with Gasteiger partial charge in [0.05, 0.1) is 17.3 Å². The van der Waals surface area contributed by atoms with Crippen LogP contribution in [0.5, 0.6) is 5.75 Å². The Hall–Kier alpha value is -1.47. The van der Waals surface area contributed by atoms with E-state index in [2.05, 4.69) is 31.1 Å². The lowest BCUT2D eigenvalue weighted by Gasteiger charge is -2.00. The summed E-state index contributed by atoms with van der Waals surface area (Å²) in [5.41, 5.74) is 2.20. The van der Waals surface area contributed by atoms with E-state index in [4.69, 9.17) is 23.2 Å². The number of hydrogen-bond donors (Lipinski definition) is 1. The Morgan fingerprint density at radius 2 is 2.00 bits per heavy atom. The van der Waals surface area contributed by atoms with Gasteiger partial charge in [0, 0.05) is 26.0 Å². The van der Waals surface area contributed by atoms with Gasteiger partial charge in [0.25, 0.3) is 0 Å². The van der Waals surface area contributed by atoms with Crippen LogP contribution in [0.25, 0.3) is 11.3 Å². The molecule has 0 saturated heterocycles. The largest absolute Gasteiger partial charge is 0.508 e. The van der Waals surface area contributed by atoms with E-state index in [-0.39, 0.29) is 12.3 Å². The van der Waals surface area contributed by atoms with Crippen LogP contribution >= 0.6 is 50.5 Å². The van der Waals surface area contributed by atoms with Crippen molar-refractivity contribution in [3.8, 4) is 17.0 Å². The van der Waals surface area contributed by atoms with Crippen LogP contribution in [-0.2, 0) is 6.54 Å². The van der Waals surface area contributed by atoms with Gasteiger partial charge in [-0.1, -0.05) is 39.1 Å². The number of thiazole rings is 1. The number of nitrogens with zero attached hydrogens (tertiary/aromatic N) is 3. The van der Waals surface area contributed by atoms with Gasteiger partial charge in [0.15, 0.2) is 0 Å². The fraction of sp³-hybridized carbons (Fsp3) is 0.0625. The maximum Gasteiger partial charge on any atom is 0.230 e. The number of halogens is 3. The number of aromatic hydroxyl groups is 1. The normalized spacial score (nSPS) is 11.3. The summed E-state index contributed by atoms with van der Waals surface area (Å²) >= 11 is 16.8. The smallest absolute Gasteiger partial charge is 0.230 e. The highest BCUT2D eigenvalue weighted by Gasteiger charge is 2.09. The molecule has 0 unspecified atom stereocenters. The molecule has 4 nitrogen and oxygen atoms in total. The maximum atomic E-state index is 9.78. The van der Waals surface area contributed by atoms with Crippen LogP contribution < -0.4 is 0 Å². The molecule has 0 saturated carbocycles. The molecule has 0 amide bonds. The monoisotopic (exact) mass is 441 g/mol. The van der Waals surface area contributed by atoms with Crippen molar-refractivity contribution >= 4 is 55.6 Å². The molecule has 0 aliphatic heterocycles. The van der Waals surface area contributed by atoms with Gasteiger partial charge in [0.1, 0.15) is 5.75 Å². The van der Waals surface area contributed by atoms with E-state index in [0.717, 1.165) is 15.7 Å². The fourth-order valence-electron chi connectivity index (χ4n) is 1.98. The molecule has 1 N–H and O–H groups in total. The number of aromatic nitrogens is 1. The summed E-state index contributed by atoms with van der Waals surface area (Å²) in [4.78, 5) is 4.40. The number of phenolic OH excluding ortho intramolecular Hbond substituents is 1. The molecule has 0 aliphatic carbocycles. The summed E-state index contributed by atoms with van der Waals surface area (Å²) in [6.07, 6.45) is 0. The quantitative estimate of drug-likeness (QED) is 0.448. The molecule has 3 aromatic rings. The molecule has 122 valence electrons. The lowest BCUT2D eigenvalue weighted by molar-refractivity contribution is 0.468. The van der Waals surface area contributed by atoms with Crippen molar-refractivity contribution in [1.82, 2.24) is 4.98 Å². The Kier molecular flexibility index (Phi) is 5.50. The van der Waals surface area contributed by atoms with Crippen LogP contribution in [-0.4, -0.2) is 10.1 Å². The predicted octanol–water partition coefficient (Wildman–Crippen LogP) is 6.87. The van der Waals surface area contributed by atoms with E-state index in [1.54, 1.807) is 30.3 Å². The Morgan fingerprint density at radius 3 is 2.79 bits per heavy atom. The van der Waals surface area contributed by atoms with Crippen molar-refractivity contribution in [2.75, 3.05) is 0 Å². The molecule has 8 heteroatoms. The summed E-state index contributed by atoms with van der Waals surface area (Å²) in [5.74, 6) is 0.185. The zero-order chi connectivity index (χ0) is 17.1. The van der Waals surface area contributed by atoms with Gasteiger partial charge in [-0.3, -0.25) is 0 Å². The highest BCUT2D eigenvalue weighted by molar-refractivity contribution is 9.10. The first-order chi connectivity index (χ1) is 11.5. The molecule has 1 heterocycles. The lowest BCUT2D eigenvalue weighted by atomic mass is 10.2. The van der Waals surface area contributed by atoms with Gasteiger partial charge in [-0.05, 0) is 36.4 Å². The second kappa shape index (κ2) is 7.61. The summed E-state index contributed by atoms with van der Waals surface area (Å²) in [5, 5.41) is 21.5.